The van der Waals surface area contributed by atoms with Gasteiger partial charge in [-0.1, -0.05) is 13.8 Å². The topological polar surface area (TPSA) is 43.8 Å². The fourth-order valence-electron chi connectivity index (χ4n) is 1.98. The van der Waals surface area contributed by atoms with Crippen LogP contribution in [0.5, 0.6) is 0 Å². The van der Waals surface area contributed by atoms with Gasteiger partial charge in [-0.05, 0) is 26.7 Å². The summed E-state index contributed by atoms with van der Waals surface area (Å²) in [6.45, 7) is 9.40. The number of imidazole rings is 1. The van der Waals surface area contributed by atoms with Crippen LogP contribution < -0.4 is 5.73 Å². The quantitative estimate of drug-likeness (QED) is 0.802. The van der Waals surface area contributed by atoms with Gasteiger partial charge in [0.15, 0.2) is 0 Å². The van der Waals surface area contributed by atoms with Gasteiger partial charge in [0.2, 0.25) is 0 Å². The number of hydrogen-bond acceptors (Lipinski definition) is 2. The third-order valence-corrected chi connectivity index (χ3v) is 2.91. The van der Waals surface area contributed by atoms with E-state index in [2.05, 4.69) is 30.3 Å². The van der Waals surface area contributed by atoms with Gasteiger partial charge in [-0.2, -0.15) is 0 Å². The lowest BCUT2D eigenvalue weighted by molar-refractivity contribution is 0.627. The van der Waals surface area contributed by atoms with Crippen molar-refractivity contribution >= 4 is 5.82 Å². The summed E-state index contributed by atoms with van der Waals surface area (Å²) in [7, 11) is 0. The zero-order chi connectivity index (χ0) is 10.7. The van der Waals surface area contributed by atoms with Crippen molar-refractivity contribution < 1.29 is 0 Å². The molecular formula is C11H21N3. The monoisotopic (exact) mass is 195 g/mol. The average molecular weight is 195 g/mol. The predicted octanol–water partition coefficient (Wildman–Crippen LogP) is 2.70. The van der Waals surface area contributed by atoms with E-state index < -0.39 is 0 Å². The lowest BCUT2D eigenvalue weighted by Gasteiger charge is -2.10. The van der Waals surface area contributed by atoms with E-state index in [0.29, 0.717) is 5.92 Å². The number of rotatable bonds is 4. The van der Waals surface area contributed by atoms with Gasteiger partial charge in [-0.3, -0.25) is 0 Å². The van der Waals surface area contributed by atoms with Gasteiger partial charge < -0.3 is 10.3 Å². The summed E-state index contributed by atoms with van der Waals surface area (Å²) in [5, 5.41) is 0. The molecule has 1 aromatic rings. The van der Waals surface area contributed by atoms with Crippen molar-refractivity contribution in [1.82, 2.24) is 9.55 Å². The summed E-state index contributed by atoms with van der Waals surface area (Å²) < 4.78 is 2.08. The van der Waals surface area contributed by atoms with Crippen LogP contribution in [0.4, 0.5) is 5.82 Å². The van der Waals surface area contributed by atoms with Crippen LogP contribution in [0.2, 0.25) is 0 Å². The number of hydrogen-bond donors (Lipinski definition) is 1. The molecule has 0 aromatic carbocycles. The van der Waals surface area contributed by atoms with Crippen molar-refractivity contribution in [3.8, 4) is 0 Å². The van der Waals surface area contributed by atoms with Gasteiger partial charge in [0.1, 0.15) is 11.6 Å². The summed E-state index contributed by atoms with van der Waals surface area (Å²) in [6, 6.07) is 0. The molecule has 0 amide bonds. The number of nitrogens with two attached hydrogens (primary N) is 1. The van der Waals surface area contributed by atoms with Crippen LogP contribution in [-0.4, -0.2) is 9.55 Å². The second kappa shape index (κ2) is 4.49. The molecule has 0 unspecified atom stereocenters. The first-order chi connectivity index (χ1) is 6.65. The van der Waals surface area contributed by atoms with Crippen LogP contribution in [-0.2, 0) is 6.54 Å². The Morgan fingerprint density at radius 2 is 1.86 bits per heavy atom. The van der Waals surface area contributed by atoms with Crippen molar-refractivity contribution in [2.75, 3.05) is 5.73 Å². The van der Waals surface area contributed by atoms with Crippen molar-refractivity contribution in [3.05, 3.63) is 11.5 Å². The van der Waals surface area contributed by atoms with Crippen LogP contribution >= 0.6 is 0 Å². The SMILES string of the molecule is CCC(CC)c1nc(C)n(CC)c1N. The molecule has 14 heavy (non-hydrogen) atoms. The maximum Gasteiger partial charge on any atom is 0.127 e. The molecule has 3 nitrogen and oxygen atoms in total. The van der Waals surface area contributed by atoms with Gasteiger partial charge in [-0.25, -0.2) is 4.98 Å². The highest BCUT2D eigenvalue weighted by Crippen LogP contribution is 2.27. The van der Waals surface area contributed by atoms with Gasteiger partial charge in [0.05, 0.1) is 5.69 Å². The summed E-state index contributed by atoms with van der Waals surface area (Å²) in [5.74, 6) is 2.41. The Morgan fingerprint density at radius 3 is 2.21 bits per heavy atom. The van der Waals surface area contributed by atoms with E-state index in [4.69, 9.17) is 5.73 Å². The number of nitrogens with zero attached hydrogens (tertiary/aromatic N) is 2. The molecule has 3 heteroatoms. The molecule has 0 spiro atoms. The first-order valence-corrected chi connectivity index (χ1v) is 5.48. The molecule has 2 N–H and O–H groups in total. The third-order valence-electron chi connectivity index (χ3n) is 2.91. The largest absolute Gasteiger partial charge is 0.384 e. The Bertz CT molecular complexity index is 298. The molecule has 0 atom stereocenters. The van der Waals surface area contributed by atoms with E-state index >= 15 is 0 Å². The number of aromatic nitrogens is 2. The second-order valence-electron chi connectivity index (χ2n) is 3.69. The Labute approximate surface area is 86.3 Å². The summed E-state index contributed by atoms with van der Waals surface area (Å²) >= 11 is 0. The summed E-state index contributed by atoms with van der Waals surface area (Å²) in [5.41, 5.74) is 7.16. The smallest absolute Gasteiger partial charge is 0.127 e. The lowest BCUT2D eigenvalue weighted by atomic mass is 9.99. The fraction of sp³-hybridized carbons (Fsp3) is 0.727. The fourth-order valence-corrected chi connectivity index (χ4v) is 1.98. The molecule has 1 aromatic heterocycles. The first-order valence-electron chi connectivity index (χ1n) is 5.48. The molecular weight excluding hydrogens is 174 g/mol. The zero-order valence-electron chi connectivity index (χ0n) is 9.67. The van der Waals surface area contributed by atoms with E-state index in [0.717, 1.165) is 36.7 Å². The second-order valence-corrected chi connectivity index (χ2v) is 3.69. The molecule has 0 aliphatic carbocycles. The van der Waals surface area contributed by atoms with Crippen molar-refractivity contribution in [2.45, 2.75) is 53.0 Å². The highest BCUT2D eigenvalue weighted by atomic mass is 15.1. The maximum absolute atomic E-state index is 6.07. The highest BCUT2D eigenvalue weighted by molar-refractivity contribution is 5.40. The number of nitrogen functional groups attached to an aromatic ring is 1. The van der Waals surface area contributed by atoms with Gasteiger partial charge >= 0.3 is 0 Å². The maximum atomic E-state index is 6.07. The molecule has 1 rings (SSSR count). The van der Waals surface area contributed by atoms with E-state index in [9.17, 15) is 0 Å². The van der Waals surface area contributed by atoms with E-state index in [1.165, 1.54) is 0 Å². The molecule has 0 saturated carbocycles. The molecule has 0 aliphatic heterocycles. The van der Waals surface area contributed by atoms with Crippen molar-refractivity contribution in [1.29, 1.82) is 0 Å². The van der Waals surface area contributed by atoms with Crippen molar-refractivity contribution in [3.63, 3.8) is 0 Å². The van der Waals surface area contributed by atoms with Gasteiger partial charge in [-0.15, -0.1) is 0 Å². The lowest BCUT2D eigenvalue weighted by Crippen LogP contribution is -2.05. The highest BCUT2D eigenvalue weighted by Gasteiger charge is 2.17. The minimum absolute atomic E-state index is 0.515. The first kappa shape index (κ1) is 11.1. The number of aryl methyl sites for hydroxylation is 1. The van der Waals surface area contributed by atoms with Crippen LogP contribution in [0.1, 0.15) is 51.0 Å². The summed E-state index contributed by atoms with van der Waals surface area (Å²) in [6.07, 6.45) is 2.22. The minimum Gasteiger partial charge on any atom is -0.384 e. The van der Waals surface area contributed by atoms with E-state index in [-0.39, 0.29) is 0 Å². The van der Waals surface area contributed by atoms with Crippen molar-refractivity contribution in [2.24, 2.45) is 0 Å². The molecule has 0 bridgehead atoms. The molecule has 1 heterocycles. The molecule has 0 fully saturated rings. The Morgan fingerprint density at radius 1 is 1.29 bits per heavy atom. The molecule has 0 radical (unpaired) electrons. The standard InChI is InChI=1S/C11H21N3/c1-5-9(6-2)10-11(12)14(7-3)8(4)13-10/h9H,5-7,12H2,1-4H3. The summed E-state index contributed by atoms with van der Waals surface area (Å²) in [4.78, 5) is 4.56. The molecule has 80 valence electrons. The van der Waals surface area contributed by atoms with Crippen LogP contribution in [0, 0.1) is 6.92 Å². The van der Waals surface area contributed by atoms with Gasteiger partial charge in [0, 0.05) is 12.5 Å². The molecule has 0 aliphatic rings. The van der Waals surface area contributed by atoms with Gasteiger partial charge in [0.25, 0.3) is 0 Å². The van der Waals surface area contributed by atoms with E-state index in [1.807, 2.05) is 6.92 Å². The normalized spacial score (nSPS) is 11.2. The van der Waals surface area contributed by atoms with Crippen LogP contribution in [0.3, 0.4) is 0 Å². The van der Waals surface area contributed by atoms with Crippen LogP contribution in [0.25, 0.3) is 0 Å². The van der Waals surface area contributed by atoms with Crippen LogP contribution in [0.15, 0.2) is 0 Å². The Balaban J connectivity index is 3.09. The predicted molar refractivity (Wildman–Crippen MR) is 60.4 cm³/mol. The number of anilines is 1. The third kappa shape index (κ3) is 1.76. The zero-order valence-corrected chi connectivity index (χ0v) is 9.67. The van der Waals surface area contributed by atoms with E-state index in [1.54, 1.807) is 0 Å². The Hall–Kier alpha value is -0.990. The average Bonchev–Trinajstić information content (AvgIpc) is 2.45. The Kier molecular flexibility index (Phi) is 3.55. The molecule has 0 saturated heterocycles. The minimum atomic E-state index is 0.515.